The third kappa shape index (κ3) is 11.5. The van der Waals surface area contributed by atoms with E-state index in [4.69, 9.17) is 5.73 Å². The van der Waals surface area contributed by atoms with Crippen molar-refractivity contribution in [3.8, 4) is 5.75 Å². The number of nitrogens with two attached hydrogens (primary N) is 1. The molecule has 0 aliphatic carbocycles. The number of primary amides is 1. The van der Waals surface area contributed by atoms with Gasteiger partial charge in [0.25, 0.3) is 0 Å². The van der Waals surface area contributed by atoms with E-state index in [1.54, 1.807) is 13.8 Å². The van der Waals surface area contributed by atoms with Crippen LogP contribution in [0.5, 0.6) is 5.75 Å². The highest BCUT2D eigenvalue weighted by atomic mass is 32.2. The number of aliphatic hydroxyl groups is 3. The molecule has 1 aromatic carbocycles. The molecule has 14 N–H and O–H groups in total. The summed E-state index contributed by atoms with van der Waals surface area (Å²) in [6.07, 6.45) is -4.18. The number of aliphatic hydroxyl groups excluding tert-OH is 3. The number of benzene rings is 1. The maximum atomic E-state index is 14.6. The highest BCUT2D eigenvalue weighted by Crippen LogP contribution is 2.30. The number of aromatic hydroxyl groups is 1. The van der Waals surface area contributed by atoms with Gasteiger partial charge in [-0.3, -0.25) is 47.4 Å². The summed E-state index contributed by atoms with van der Waals surface area (Å²) in [6.45, 7) is 1.27. The molecule has 0 spiro atoms. The molecule has 24 nitrogen and oxygen atoms in total. The van der Waals surface area contributed by atoms with Gasteiger partial charge in [-0.2, -0.15) is 0 Å². The van der Waals surface area contributed by atoms with E-state index in [2.05, 4.69) is 42.2 Å². The topological polar surface area (TPSA) is 381 Å². The number of phenolic OH excluding ortho intramolecular Hbond substituents is 1. The molecule has 25 heteroatoms. The van der Waals surface area contributed by atoms with E-state index >= 15 is 0 Å². The summed E-state index contributed by atoms with van der Waals surface area (Å²) in [6, 6.07) is -4.30. The molecule has 9 amide bonds. The maximum absolute atomic E-state index is 14.6. The zero-order chi connectivity index (χ0) is 47.2. The van der Waals surface area contributed by atoms with E-state index in [-0.39, 0.29) is 27.2 Å². The largest absolute Gasteiger partial charge is 0.508 e. The molecule has 2 aromatic rings. The molecule has 350 valence electrons. The number of carbonyl (C=O) groups excluding carboxylic acids is 9. The normalized spacial score (nSPS) is 28.5. The lowest BCUT2D eigenvalue weighted by atomic mass is 9.93. The fraction of sp³-hybridized carbons (Fsp3) is 0.564. The smallest absolute Gasteiger partial charge is 0.245 e. The second-order valence-corrected chi connectivity index (χ2v) is 17.6. The molecule has 3 aliphatic heterocycles. The van der Waals surface area contributed by atoms with Crippen molar-refractivity contribution in [2.75, 3.05) is 38.5 Å². The van der Waals surface area contributed by atoms with Crippen LogP contribution in [-0.4, -0.2) is 169 Å². The zero-order valence-electron chi connectivity index (χ0n) is 35.2. The number of fused-ring (bicyclic) bond motifs is 6. The van der Waals surface area contributed by atoms with Gasteiger partial charge in [0.15, 0.2) is 0 Å². The van der Waals surface area contributed by atoms with Gasteiger partial charge >= 0.3 is 0 Å². The quantitative estimate of drug-likeness (QED) is 0.123. The number of phenols is 1. The molecule has 0 saturated carbocycles. The Morgan fingerprint density at radius 3 is 2.19 bits per heavy atom. The first-order valence-corrected chi connectivity index (χ1v) is 21.9. The van der Waals surface area contributed by atoms with Crippen LogP contribution in [0.3, 0.4) is 0 Å². The Morgan fingerprint density at radius 1 is 0.859 bits per heavy atom. The lowest BCUT2D eigenvalue weighted by molar-refractivity contribution is -0.139. The van der Waals surface area contributed by atoms with Crippen LogP contribution in [0, 0.1) is 17.8 Å². The van der Waals surface area contributed by atoms with Crippen LogP contribution in [0.4, 0.5) is 0 Å². The summed E-state index contributed by atoms with van der Waals surface area (Å²) >= 11 is 0. The lowest BCUT2D eigenvalue weighted by Crippen LogP contribution is -2.59. The molecule has 4 bridgehead atoms. The van der Waals surface area contributed by atoms with Crippen LogP contribution in [0.2, 0.25) is 0 Å². The predicted molar refractivity (Wildman–Crippen MR) is 222 cm³/mol. The van der Waals surface area contributed by atoms with Crippen molar-refractivity contribution < 1.29 is 67.8 Å². The summed E-state index contributed by atoms with van der Waals surface area (Å²) in [5.41, 5.74) is 5.70. The molecular weight excluding hydrogens is 865 g/mol. The van der Waals surface area contributed by atoms with Crippen LogP contribution in [0.15, 0.2) is 23.2 Å². The Hall–Kier alpha value is -6.18. The number of H-pyrrole nitrogens is 1. The van der Waals surface area contributed by atoms with Gasteiger partial charge in [-0.1, -0.05) is 27.2 Å². The molecular formula is C39H54N10O14S. The molecule has 4 heterocycles. The minimum absolute atomic E-state index is 0.0749. The average molecular weight is 919 g/mol. The summed E-state index contributed by atoms with van der Waals surface area (Å²) in [4.78, 5) is 127. The SMILES string of the molecule is CC[C@H](C)[C@@H]1NC(=O)CNC(=O)[C@H]2Cc3c([nH]c4cc(O)ccc34)[S@](=O)C[C@@H](NC(=O)CNC1=O)C(=O)N[C@H](CC(N)=O)C(=O)N1C[C@H](O)[C@@H](C1)C(=O)N[C@@H]([C@@H](C)[C@@H](O)CO)C(=O)N2. The van der Waals surface area contributed by atoms with Crippen molar-refractivity contribution in [3.63, 3.8) is 0 Å². The molecule has 64 heavy (non-hydrogen) atoms. The van der Waals surface area contributed by atoms with Gasteiger partial charge in [0, 0.05) is 36.9 Å². The molecule has 1 aromatic heterocycles. The van der Waals surface area contributed by atoms with Crippen molar-refractivity contribution in [2.24, 2.45) is 23.5 Å². The number of hydrogen-bond acceptors (Lipinski definition) is 14. The van der Waals surface area contributed by atoms with Gasteiger partial charge in [0.05, 0.1) is 66.3 Å². The predicted octanol–water partition coefficient (Wildman–Crippen LogP) is -6.06. The van der Waals surface area contributed by atoms with Gasteiger partial charge in [-0.25, -0.2) is 0 Å². The Labute approximate surface area is 368 Å². The molecule has 1 saturated heterocycles. The highest BCUT2D eigenvalue weighted by molar-refractivity contribution is 7.85. The number of nitrogens with zero attached hydrogens (tertiary/aromatic N) is 1. The van der Waals surface area contributed by atoms with Crippen LogP contribution < -0.4 is 43.0 Å². The number of carbonyl (C=O) groups is 9. The van der Waals surface area contributed by atoms with Crippen molar-refractivity contribution >= 4 is 74.9 Å². The van der Waals surface area contributed by atoms with E-state index in [1.165, 1.54) is 25.1 Å². The summed E-state index contributed by atoms with van der Waals surface area (Å²) < 4.78 is 14.6. The Balaban J connectivity index is 1.72. The highest BCUT2D eigenvalue weighted by Gasteiger charge is 2.44. The first-order chi connectivity index (χ1) is 30.2. The van der Waals surface area contributed by atoms with E-state index in [1.807, 2.05) is 0 Å². The van der Waals surface area contributed by atoms with Gasteiger partial charge < -0.3 is 73.3 Å². The van der Waals surface area contributed by atoms with Crippen molar-refractivity contribution in [1.29, 1.82) is 0 Å². The maximum Gasteiger partial charge on any atom is 0.245 e. The molecule has 3 aliphatic rings. The molecule has 1 fully saturated rings. The number of nitrogens with one attached hydrogen (secondary N) is 8. The first kappa shape index (κ1) is 48.8. The second kappa shape index (κ2) is 21.0. The van der Waals surface area contributed by atoms with E-state index in [0.717, 1.165) is 4.90 Å². The van der Waals surface area contributed by atoms with E-state index in [0.29, 0.717) is 6.42 Å². The zero-order valence-corrected chi connectivity index (χ0v) is 36.0. The van der Waals surface area contributed by atoms with Crippen molar-refractivity contribution in [2.45, 2.75) is 87.5 Å². The van der Waals surface area contributed by atoms with Crippen molar-refractivity contribution in [3.05, 3.63) is 23.8 Å². The molecule has 0 radical (unpaired) electrons. The molecule has 0 unspecified atom stereocenters. The average Bonchev–Trinajstić information content (AvgIpc) is 3.82. The fourth-order valence-corrected chi connectivity index (χ4v) is 9.05. The van der Waals surface area contributed by atoms with Crippen LogP contribution in [0.25, 0.3) is 10.9 Å². The van der Waals surface area contributed by atoms with Crippen LogP contribution in [0.1, 0.15) is 39.2 Å². The Morgan fingerprint density at radius 2 is 1.53 bits per heavy atom. The van der Waals surface area contributed by atoms with Crippen LogP contribution >= 0.6 is 0 Å². The minimum Gasteiger partial charge on any atom is -0.508 e. The first-order valence-electron chi connectivity index (χ1n) is 20.5. The second-order valence-electron chi connectivity index (χ2n) is 16.2. The van der Waals surface area contributed by atoms with Crippen LogP contribution in [-0.2, 0) is 60.4 Å². The van der Waals surface area contributed by atoms with Crippen molar-refractivity contribution in [1.82, 2.24) is 47.1 Å². The fourth-order valence-electron chi connectivity index (χ4n) is 7.65. The van der Waals surface area contributed by atoms with Gasteiger partial charge in [0.1, 0.15) is 41.0 Å². The lowest BCUT2D eigenvalue weighted by Gasteiger charge is -2.30. The summed E-state index contributed by atoms with van der Waals surface area (Å²) in [5, 5.41) is 59.1. The van der Waals surface area contributed by atoms with Gasteiger partial charge in [0.2, 0.25) is 53.2 Å². The molecule has 5 rings (SSSR count). The Kier molecular flexibility index (Phi) is 16.0. The number of hydrogen-bond donors (Lipinski definition) is 13. The number of aromatic amines is 1. The summed E-state index contributed by atoms with van der Waals surface area (Å²) in [5.74, 6) is -13.2. The standard InChI is InChI=1S/C39H54N10O14S/c1-4-16(2)31-36(60)42-10-29(55)43-25-15-64(63)38-20(19-6-5-18(51)7-22(19)46-38)8-23(34(58)41-11-30(56)47-31)44-37(61)32(17(3)27(53)14-50)48-33(57)21-12-49(13-26(21)52)39(62)24(9-28(40)54)45-35(25)59/h5-7,16-17,21,23-27,31-32,46,50-53H,4,8-15H2,1-3H3,(H2,40,54)(H,41,58)(H,42,60)(H,43,55)(H,44,61)(H,45,59)(H,47,56)(H,48,57)/t16-,17-,21+,23+,24+,25+,26-,27-,31-,32-,64+/m0/s1. The molecule has 11 atom stereocenters. The monoisotopic (exact) mass is 918 g/mol. The third-order valence-electron chi connectivity index (χ3n) is 11.6. The van der Waals surface area contributed by atoms with Gasteiger partial charge in [-0.15, -0.1) is 0 Å². The summed E-state index contributed by atoms with van der Waals surface area (Å²) in [7, 11) is -2.38. The third-order valence-corrected chi connectivity index (χ3v) is 13.0. The Bertz CT molecular complexity index is 2200. The van der Waals surface area contributed by atoms with E-state index in [9.17, 15) is 67.8 Å². The van der Waals surface area contributed by atoms with E-state index < -0.39 is 176 Å². The number of rotatable bonds is 7. The number of aromatic nitrogens is 1. The minimum atomic E-state index is -2.38. The number of amides is 9. The van der Waals surface area contributed by atoms with Gasteiger partial charge in [-0.05, 0) is 23.6 Å².